The van der Waals surface area contributed by atoms with Gasteiger partial charge in [0.1, 0.15) is 0 Å². The number of para-hydroxylation sites is 2. The van der Waals surface area contributed by atoms with Gasteiger partial charge >= 0.3 is 0 Å². The van der Waals surface area contributed by atoms with E-state index in [1.807, 2.05) is 0 Å². The van der Waals surface area contributed by atoms with Crippen molar-refractivity contribution in [3.05, 3.63) is 310 Å². The molecule has 0 unspecified atom stereocenters. The molecule has 4 aliphatic rings. The Morgan fingerprint density at radius 1 is 0.270 bits per heavy atom. The van der Waals surface area contributed by atoms with Crippen molar-refractivity contribution in [2.75, 3.05) is 0 Å². The van der Waals surface area contributed by atoms with Crippen molar-refractivity contribution in [3.8, 4) is 67.0 Å². The van der Waals surface area contributed by atoms with Crippen LogP contribution in [-0.2, 0) is 16.2 Å². The highest BCUT2D eigenvalue weighted by atomic mass is 15.0. The summed E-state index contributed by atoms with van der Waals surface area (Å²) in [6.45, 7) is 9.45. The lowest BCUT2D eigenvalue weighted by Crippen LogP contribution is -2.20. The third-order valence-electron chi connectivity index (χ3n) is 21.3. The average Bonchev–Trinajstić information content (AvgIpc) is 1.66. The fraction of sp³-hybridized carbons (Fsp3) is 0.126. The van der Waals surface area contributed by atoms with Gasteiger partial charge in [0.25, 0.3) is 0 Å². The first-order valence-corrected chi connectivity index (χ1v) is 32.0. The summed E-state index contributed by atoms with van der Waals surface area (Å²) in [6.07, 6.45) is 13.9. The number of aromatic nitrogens is 2. The van der Waals surface area contributed by atoms with Crippen LogP contribution < -0.4 is 0 Å². The minimum Gasteiger partial charge on any atom is -0.309 e. The molecule has 424 valence electrons. The van der Waals surface area contributed by atoms with Crippen LogP contribution in [-0.4, -0.2) is 9.13 Å². The Morgan fingerprint density at radius 2 is 0.618 bits per heavy atom. The molecule has 2 aromatic heterocycles. The van der Waals surface area contributed by atoms with Gasteiger partial charge in [0.15, 0.2) is 0 Å². The molecular weight excluding hydrogens is 1070 g/mol. The molecule has 1 spiro atoms. The fourth-order valence-electron chi connectivity index (χ4n) is 16.7. The predicted octanol–water partition coefficient (Wildman–Crippen LogP) is 23.0. The number of hydrogen-bond donors (Lipinski definition) is 0. The van der Waals surface area contributed by atoms with Crippen LogP contribution in [0, 0.1) is 0 Å². The maximum absolute atomic E-state index is 2.53. The van der Waals surface area contributed by atoms with Crippen molar-refractivity contribution in [1.29, 1.82) is 0 Å². The molecule has 4 aliphatic carbocycles. The van der Waals surface area contributed by atoms with Crippen LogP contribution in [0.1, 0.15) is 109 Å². The molecule has 1 saturated carbocycles. The van der Waals surface area contributed by atoms with Gasteiger partial charge in [-0.2, -0.15) is 0 Å². The molecule has 0 aliphatic heterocycles. The Kier molecular flexibility index (Phi) is 11.3. The van der Waals surface area contributed by atoms with Crippen LogP contribution in [0.4, 0.5) is 0 Å². The summed E-state index contributed by atoms with van der Waals surface area (Å²) in [6, 6.07) is 96.5. The molecular formula is C87H66N2. The summed E-state index contributed by atoms with van der Waals surface area (Å²) >= 11 is 0. The van der Waals surface area contributed by atoms with Crippen LogP contribution in [0.15, 0.2) is 255 Å². The Bertz CT molecular complexity index is 5020. The number of benzene rings is 12. The number of rotatable bonds is 8. The molecule has 1 fully saturated rings. The summed E-state index contributed by atoms with van der Waals surface area (Å²) in [4.78, 5) is 0. The average molecular weight is 1140 g/mol. The van der Waals surface area contributed by atoms with Crippen molar-refractivity contribution in [1.82, 2.24) is 9.13 Å². The molecule has 14 aromatic rings. The van der Waals surface area contributed by atoms with E-state index in [0.717, 1.165) is 0 Å². The highest BCUT2D eigenvalue weighted by molar-refractivity contribution is 6.11. The molecule has 0 radical (unpaired) electrons. The summed E-state index contributed by atoms with van der Waals surface area (Å²) in [5, 5.41) is 5.07. The molecule has 12 aromatic carbocycles. The van der Waals surface area contributed by atoms with Gasteiger partial charge in [-0.25, -0.2) is 0 Å². The van der Waals surface area contributed by atoms with E-state index in [1.54, 1.807) is 0 Å². The lowest BCUT2D eigenvalue weighted by atomic mass is 9.75. The lowest BCUT2D eigenvalue weighted by molar-refractivity contribution is 0.550. The monoisotopic (exact) mass is 1140 g/mol. The van der Waals surface area contributed by atoms with Crippen LogP contribution in [0.3, 0.4) is 0 Å². The number of fused-ring (bicyclic) bond motifs is 17. The van der Waals surface area contributed by atoms with Crippen LogP contribution in [0.2, 0.25) is 0 Å². The SMILES string of the molecule is CC1(C)c2ccccc2-c2ccc(-n3c4ccccc4c4cc(/C=C/c5ccc(-c6ccc7c(c6)C6(CCCC6)c6cc(-c8ccc(/C=C/c9ccc%10c(c9)c9ccccc9n%10-c9ccc%10c(c9)C(C)(C)c9ccccc9-%10)cc8)ccc6-7)cc5)ccc43)cc21. The quantitative estimate of drug-likeness (QED) is 0.134. The zero-order chi connectivity index (χ0) is 59.3. The maximum atomic E-state index is 2.53. The third-order valence-corrected chi connectivity index (χ3v) is 21.3. The summed E-state index contributed by atoms with van der Waals surface area (Å²) in [5.41, 5.74) is 33.9. The molecule has 2 heteroatoms. The van der Waals surface area contributed by atoms with E-state index in [0.29, 0.717) is 0 Å². The molecule has 0 amide bonds. The van der Waals surface area contributed by atoms with E-state index >= 15 is 0 Å². The Labute approximate surface area is 521 Å². The van der Waals surface area contributed by atoms with E-state index in [-0.39, 0.29) is 16.2 Å². The Balaban J connectivity index is 0.585. The molecule has 0 N–H and O–H groups in total. The standard InChI is InChI=1S/C87H66N2/c1-85(2)75-19-9-5-15-65(75)67-43-39-63(53-77(67)85)88-81-21-11-7-17-71(81)73-49-57(31-45-83(73)88)25-23-55-27-33-59(34-28-55)61-37-41-69-70-42-38-62(52-80(70)87(79(69)51-61)47-13-14-48-87)60-35-29-56(30-36-60)24-26-58-32-46-84-74(50-58)72-18-8-12-22-82(72)89(84)64-40-44-68-66-16-6-10-20-76(66)86(3,4)78(68)54-64/h5-12,15-46,49-54H,13-14,47-48H2,1-4H3/b25-23+,26-24+. The molecule has 18 rings (SSSR count). The van der Waals surface area contributed by atoms with E-state index in [4.69, 9.17) is 0 Å². The van der Waals surface area contributed by atoms with Crippen molar-refractivity contribution in [2.24, 2.45) is 0 Å². The van der Waals surface area contributed by atoms with Crippen molar-refractivity contribution in [3.63, 3.8) is 0 Å². The zero-order valence-electron chi connectivity index (χ0n) is 50.8. The van der Waals surface area contributed by atoms with Gasteiger partial charge in [0.05, 0.1) is 22.1 Å². The fourth-order valence-corrected chi connectivity index (χ4v) is 16.7. The first-order chi connectivity index (χ1) is 43.6. The second-order valence-corrected chi connectivity index (χ2v) is 26.8. The maximum Gasteiger partial charge on any atom is 0.0541 e. The number of nitrogens with zero attached hydrogens (tertiary/aromatic N) is 2. The minimum absolute atomic E-state index is 0.0398. The molecule has 2 heterocycles. The van der Waals surface area contributed by atoms with E-state index in [2.05, 4.69) is 316 Å². The number of hydrogen-bond acceptors (Lipinski definition) is 0. The van der Waals surface area contributed by atoms with Gasteiger partial charge < -0.3 is 9.13 Å². The second kappa shape index (κ2) is 19.4. The molecule has 0 saturated heterocycles. The minimum atomic E-state index is -0.0607. The van der Waals surface area contributed by atoms with Gasteiger partial charge in [0, 0.05) is 49.2 Å². The van der Waals surface area contributed by atoms with Crippen molar-refractivity contribution >= 4 is 67.9 Å². The van der Waals surface area contributed by atoms with Crippen LogP contribution in [0.5, 0.6) is 0 Å². The first kappa shape index (κ1) is 51.9. The van der Waals surface area contributed by atoms with Crippen molar-refractivity contribution < 1.29 is 0 Å². The Hall–Kier alpha value is -10.3. The van der Waals surface area contributed by atoms with E-state index in [1.165, 1.54) is 192 Å². The molecule has 89 heavy (non-hydrogen) atoms. The lowest BCUT2D eigenvalue weighted by Gasteiger charge is -2.27. The smallest absolute Gasteiger partial charge is 0.0541 e. The van der Waals surface area contributed by atoms with Crippen LogP contribution in [0.25, 0.3) is 135 Å². The van der Waals surface area contributed by atoms with Crippen molar-refractivity contribution in [2.45, 2.75) is 69.6 Å². The first-order valence-electron chi connectivity index (χ1n) is 32.0. The van der Waals surface area contributed by atoms with Gasteiger partial charge in [-0.15, -0.1) is 0 Å². The zero-order valence-corrected chi connectivity index (χ0v) is 50.8. The van der Waals surface area contributed by atoms with Gasteiger partial charge in [-0.3, -0.25) is 0 Å². The summed E-state index contributed by atoms with van der Waals surface area (Å²) in [5.74, 6) is 0. The van der Waals surface area contributed by atoms with E-state index in [9.17, 15) is 0 Å². The van der Waals surface area contributed by atoms with E-state index < -0.39 is 0 Å². The topological polar surface area (TPSA) is 9.86 Å². The second-order valence-electron chi connectivity index (χ2n) is 26.8. The molecule has 2 nitrogen and oxygen atoms in total. The Morgan fingerprint density at radius 3 is 1.08 bits per heavy atom. The highest BCUT2D eigenvalue weighted by Crippen LogP contribution is 2.58. The summed E-state index contributed by atoms with van der Waals surface area (Å²) in [7, 11) is 0. The van der Waals surface area contributed by atoms with Gasteiger partial charge in [-0.1, -0.05) is 247 Å². The summed E-state index contributed by atoms with van der Waals surface area (Å²) < 4.78 is 4.91. The largest absolute Gasteiger partial charge is 0.309 e. The molecule has 0 atom stereocenters. The van der Waals surface area contributed by atoms with Gasteiger partial charge in [0.2, 0.25) is 0 Å². The van der Waals surface area contributed by atoms with Gasteiger partial charge in [-0.05, 0) is 197 Å². The van der Waals surface area contributed by atoms with Crippen LogP contribution >= 0.6 is 0 Å². The molecule has 0 bridgehead atoms. The third kappa shape index (κ3) is 7.82. The highest BCUT2D eigenvalue weighted by Gasteiger charge is 2.45. The predicted molar refractivity (Wildman–Crippen MR) is 377 cm³/mol. The normalized spacial score (nSPS) is 15.4.